The summed E-state index contributed by atoms with van der Waals surface area (Å²) in [6.07, 6.45) is 3.80. The minimum atomic E-state index is 1.10. The number of nitrogens with zero attached hydrogens (tertiary/aromatic N) is 1. The van der Waals surface area contributed by atoms with Crippen LogP contribution in [0.2, 0.25) is 0 Å². The third kappa shape index (κ3) is 2.49. The van der Waals surface area contributed by atoms with Crippen LogP contribution in [-0.2, 0) is 6.54 Å². The average Bonchev–Trinajstić information content (AvgIpc) is 2.87. The average molecular weight is 263 g/mol. The molecule has 0 saturated heterocycles. The summed E-state index contributed by atoms with van der Waals surface area (Å²) in [6, 6.07) is 21.7. The van der Waals surface area contributed by atoms with E-state index in [4.69, 9.17) is 0 Å². The molecular formula is C19H21N. The van der Waals surface area contributed by atoms with Gasteiger partial charge >= 0.3 is 0 Å². The first kappa shape index (κ1) is 13.0. The Labute approximate surface area is 120 Å². The first-order valence-electron chi connectivity index (χ1n) is 7.54. The maximum atomic E-state index is 2.47. The topological polar surface area (TPSA) is 4.93 Å². The Morgan fingerprint density at radius 3 is 2.40 bits per heavy atom. The summed E-state index contributed by atoms with van der Waals surface area (Å²) >= 11 is 0. The summed E-state index contributed by atoms with van der Waals surface area (Å²) in [5.74, 6) is 0. The number of para-hydroxylation sites is 1. The number of aromatic nitrogens is 1. The third-order valence-electron chi connectivity index (χ3n) is 3.87. The van der Waals surface area contributed by atoms with E-state index in [1.165, 1.54) is 41.4 Å². The number of hydrogen-bond donors (Lipinski definition) is 0. The van der Waals surface area contributed by atoms with E-state index in [9.17, 15) is 0 Å². The van der Waals surface area contributed by atoms with Crippen LogP contribution < -0.4 is 0 Å². The van der Waals surface area contributed by atoms with E-state index in [1.807, 2.05) is 0 Å². The van der Waals surface area contributed by atoms with Crippen LogP contribution in [-0.4, -0.2) is 4.57 Å². The van der Waals surface area contributed by atoms with E-state index < -0.39 is 0 Å². The molecular weight excluding hydrogens is 242 g/mol. The summed E-state index contributed by atoms with van der Waals surface area (Å²) in [7, 11) is 0. The second kappa shape index (κ2) is 5.96. The van der Waals surface area contributed by atoms with Crippen molar-refractivity contribution in [2.75, 3.05) is 0 Å². The molecule has 2 aromatic carbocycles. The van der Waals surface area contributed by atoms with Crippen molar-refractivity contribution in [3.63, 3.8) is 0 Å². The Kier molecular flexibility index (Phi) is 3.87. The fourth-order valence-corrected chi connectivity index (χ4v) is 2.82. The molecule has 0 spiro atoms. The highest BCUT2D eigenvalue weighted by Gasteiger charge is 2.09. The SMILES string of the molecule is CCCCCn1c(-c2ccccc2)cc2ccccc21. The number of fused-ring (bicyclic) bond motifs is 1. The van der Waals surface area contributed by atoms with Gasteiger partial charge in [-0.2, -0.15) is 0 Å². The molecule has 0 N–H and O–H groups in total. The van der Waals surface area contributed by atoms with Gasteiger partial charge in [-0.15, -0.1) is 0 Å². The standard InChI is InChI=1S/C19H21N/c1-2-3-9-14-20-18-13-8-7-12-17(18)15-19(20)16-10-5-4-6-11-16/h4-8,10-13,15H,2-3,9,14H2,1H3. The highest BCUT2D eigenvalue weighted by Crippen LogP contribution is 2.28. The van der Waals surface area contributed by atoms with E-state index in [1.54, 1.807) is 0 Å². The van der Waals surface area contributed by atoms with Gasteiger partial charge in [0.1, 0.15) is 0 Å². The third-order valence-corrected chi connectivity index (χ3v) is 3.87. The molecule has 0 aliphatic rings. The van der Waals surface area contributed by atoms with Crippen molar-refractivity contribution in [3.05, 3.63) is 60.7 Å². The summed E-state index contributed by atoms with van der Waals surface area (Å²) in [5.41, 5.74) is 3.99. The molecule has 3 aromatic rings. The van der Waals surface area contributed by atoms with Gasteiger partial charge in [-0.25, -0.2) is 0 Å². The molecule has 3 rings (SSSR count). The highest BCUT2D eigenvalue weighted by molar-refractivity contribution is 5.87. The van der Waals surface area contributed by atoms with Crippen molar-refractivity contribution >= 4 is 10.9 Å². The minimum Gasteiger partial charge on any atom is -0.340 e. The second-order valence-electron chi connectivity index (χ2n) is 5.31. The van der Waals surface area contributed by atoms with Crippen molar-refractivity contribution in [1.29, 1.82) is 0 Å². The van der Waals surface area contributed by atoms with Gasteiger partial charge in [0.15, 0.2) is 0 Å². The van der Waals surface area contributed by atoms with Crippen LogP contribution in [0.3, 0.4) is 0 Å². The number of hydrogen-bond acceptors (Lipinski definition) is 0. The zero-order valence-corrected chi connectivity index (χ0v) is 12.0. The molecule has 1 heterocycles. The molecule has 20 heavy (non-hydrogen) atoms. The molecule has 0 aliphatic heterocycles. The van der Waals surface area contributed by atoms with E-state index >= 15 is 0 Å². The quantitative estimate of drug-likeness (QED) is 0.536. The summed E-state index contributed by atoms with van der Waals surface area (Å²) < 4.78 is 2.47. The lowest BCUT2D eigenvalue weighted by molar-refractivity contribution is 0.620. The number of benzene rings is 2. The highest BCUT2D eigenvalue weighted by atomic mass is 15.0. The molecule has 0 saturated carbocycles. The Morgan fingerprint density at radius 1 is 0.850 bits per heavy atom. The molecule has 0 aliphatic carbocycles. The maximum absolute atomic E-state index is 2.47. The molecule has 102 valence electrons. The molecule has 1 nitrogen and oxygen atoms in total. The number of aryl methyl sites for hydroxylation is 1. The predicted octanol–water partition coefficient (Wildman–Crippen LogP) is 5.50. The van der Waals surface area contributed by atoms with Gasteiger partial charge in [-0.05, 0) is 24.1 Å². The lowest BCUT2D eigenvalue weighted by Crippen LogP contribution is -2.00. The van der Waals surface area contributed by atoms with Crippen molar-refractivity contribution in [1.82, 2.24) is 4.57 Å². The number of rotatable bonds is 5. The molecule has 1 heteroatoms. The van der Waals surface area contributed by atoms with E-state index in [2.05, 4.69) is 72.2 Å². The lowest BCUT2D eigenvalue weighted by Gasteiger charge is -2.10. The van der Waals surface area contributed by atoms with Crippen molar-refractivity contribution in [3.8, 4) is 11.3 Å². The van der Waals surface area contributed by atoms with E-state index in [0.29, 0.717) is 0 Å². The monoisotopic (exact) mass is 263 g/mol. The minimum absolute atomic E-state index is 1.10. The van der Waals surface area contributed by atoms with Gasteiger partial charge < -0.3 is 4.57 Å². The van der Waals surface area contributed by atoms with Crippen LogP contribution in [0, 0.1) is 0 Å². The summed E-state index contributed by atoms with van der Waals surface area (Å²) in [6.45, 7) is 3.36. The Balaban J connectivity index is 2.08. The van der Waals surface area contributed by atoms with Crippen LogP contribution >= 0.6 is 0 Å². The van der Waals surface area contributed by atoms with Crippen LogP contribution in [0.1, 0.15) is 26.2 Å². The Hall–Kier alpha value is -2.02. The molecule has 1 aromatic heterocycles. The van der Waals surface area contributed by atoms with Gasteiger partial charge in [0.25, 0.3) is 0 Å². The van der Waals surface area contributed by atoms with Crippen LogP contribution in [0.15, 0.2) is 60.7 Å². The van der Waals surface area contributed by atoms with Crippen LogP contribution in [0.5, 0.6) is 0 Å². The summed E-state index contributed by atoms with van der Waals surface area (Å²) in [4.78, 5) is 0. The normalized spacial score (nSPS) is 11.1. The van der Waals surface area contributed by atoms with Gasteiger partial charge in [0.2, 0.25) is 0 Å². The second-order valence-corrected chi connectivity index (χ2v) is 5.31. The molecule has 0 radical (unpaired) electrons. The fraction of sp³-hybridized carbons (Fsp3) is 0.263. The van der Waals surface area contributed by atoms with Crippen LogP contribution in [0.4, 0.5) is 0 Å². The Morgan fingerprint density at radius 2 is 1.60 bits per heavy atom. The number of unbranched alkanes of at least 4 members (excludes halogenated alkanes) is 2. The molecule has 0 unspecified atom stereocenters. The molecule has 0 amide bonds. The van der Waals surface area contributed by atoms with Crippen molar-refractivity contribution in [2.24, 2.45) is 0 Å². The van der Waals surface area contributed by atoms with Gasteiger partial charge in [0, 0.05) is 23.1 Å². The lowest BCUT2D eigenvalue weighted by atomic mass is 10.1. The van der Waals surface area contributed by atoms with Crippen molar-refractivity contribution < 1.29 is 0 Å². The van der Waals surface area contributed by atoms with Gasteiger partial charge in [-0.1, -0.05) is 68.3 Å². The largest absolute Gasteiger partial charge is 0.340 e. The van der Waals surface area contributed by atoms with Gasteiger partial charge in [-0.3, -0.25) is 0 Å². The zero-order chi connectivity index (χ0) is 13.8. The van der Waals surface area contributed by atoms with Crippen molar-refractivity contribution in [2.45, 2.75) is 32.7 Å². The Bertz CT molecular complexity index is 679. The summed E-state index contributed by atoms with van der Waals surface area (Å²) in [5, 5.41) is 1.34. The first-order chi connectivity index (χ1) is 9.90. The van der Waals surface area contributed by atoms with Crippen LogP contribution in [0.25, 0.3) is 22.2 Å². The molecule has 0 bridgehead atoms. The first-order valence-corrected chi connectivity index (χ1v) is 7.54. The zero-order valence-electron chi connectivity index (χ0n) is 12.0. The predicted molar refractivity (Wildman–Crippen MR) is 86.9 cm³/mol. The van der Waals surface area contributed by atoms with Gasteiger partial charge in [0.05, 0.1) is 0 Å². The smallest absolute Gasteiger partial charge is 0.0491 e. The van der Waals surface area contributed by atoms with E-state index in [-0.39, 0.29) is 0 Å². The fourth-order valence-electron chi connectivity index (χ4n) is 2.82. The maximum Gasteiger partial charge on any atom is 0.0491 e. The molecule has 0 atom stereocenters. The molecule has 0 fully saturated rings. The van der Waals surface area contributed by atoms with E-state index in [0.717, 1.165) is 6.54 Å².